The van der Waals surface area contributed by atoms with Crippen molar-refractivity contribution in [2.45, 2.75) is 32.4 Å². The van der Waals surface area contributed by atoms with Crippen LogP contribution in [-0.2, 0) is 13.6 Å². The average molecular weight is 520 g/mol. The van der Waals surface area contributed by atoms with E-state index in [2.05, 4.69) is 28.1 Å². The number of likely N-dealkylation sites (tertiary alicyclic amines) is 1. The van der Waals surface area contributed by atoms with Gasteiger partial charge < -0.3 is 34.3 Å². The first-order chi connectivity index (χ1) is 18.3. The number of aliphatic hydroxyl groups excluding tert-OH is 1. The second kappa shape index (κ2) is 10.4. The Balaban J connectivity index is 1.57. The fourth-order valence-corrected chi connectivity index (χ4v) is 5.42. The molecule has 2 aromatic heterocycles. The number of rotatable bonds is 7. The third kappa shape index (κ3) is 4.67. The van der Waals surface area contributed by atoms with Crippen LogP contribution in [0, 0.1) is 5.92 Å². The number of carbonyl (C=O) groups is 2. The minimum atomic E-state index is -1.08. The molecule has 5 rings (SSSR count). The molecule has 0 spiro atoms. The summed E-state index contributed by atoms with van der Waals surface area (Å²) < 4.78 is 9.88. The van der Waals surface area contributed by atoms with E-state index in [0.717, 1.165) is 34.4 Å². The number of nitrogens with one attached hydrogen (secondary N) is 1. The number of para-hydroxylation sites is 1. The Labute approximate surface area is 220 Å². The van der Waals surface area contributed by atoms with Gasteiger partial charge in [-0.25, -0.2) is 9.78 Å². The Kier molecular flexibility index (Phi) is 6.98. The van der Waals surface area contributed by atoms with Crippen LogP contribution in [0.3, 0.4) is 0 Å². The highest BCUT2D eigenvalue weighted by molar-refractivity contribution is 6.00. The van der Waals surface area contributed by atoms with Gasteiger partial charge >= 0.3 is 6.09 Å². The smallest absolute Gasteiger partial charge is 0.404 e. The zero-order chi connectivity index (χ0) is 27.0. The van der Waals surface area contributed by atoms with Gasteiger partial charge in [-0.2, -0.15) is 0 Å². The number of ether oxygens (including phenoxy) is 1. The van der Waals surface area contributed by atoms with Gasteiger partial charge in [0.15, 0.2) is 5.82 Å². The number of aliphatic hydroxyl groups is 1. The summed E-state index contributed by atoms with van der Waals surface area (Å²) in [6.45, 7) is 3.60. The molecule has 1 saturated heterocycles. The number of carboxylic acid groups (broad SMARTS) is 1. The van der Waals surface area contributed by atoms with Gasteiger partial charge in [-0.1, -0.05) is 25.1 Å². The summed E-state index contributed by atoms with van der Waals surface area (Å²) in [5.74, 6) is 1.14. The van der Waals surface area contributed by atoms with Crippen LogP contribution in [0.2, 0.25) is 0 Å². The number of piperidine rings is 1. The van der Waals surface area contributed by atoms with E-state index in [1.54, 1.807) is 24.1 Å². The van der Waals surface area contributed by atoms with E-state index in [-0.39, 0.29) is 24.5 Å². The summed E-state index contributed by atoms with van der Waals surface area (Å²) in [5.41, 5.74) is 3.83. The second-order valence-electron chi connectivity index (χ2n) is 10.1. The molecular weight excluding hydrogens is 486 g/mol. The number of amides is 2. The molecule has 0 saturated carbocycles. The van der Waals surface area contributed by atoms with Crippen molar-refractivity contribution in [3.63, 3.8) is 0 Å². The van der Waals surface area contributed by atoms with Crippen LogP contribution in [0.4, 0.5) is 4.79 Å². The molecular formula is C28H33N5O5. The first kappa shape index (κ1) is 25.6. The van der Waals surface area contributed by atoms with Crippen molar-refractivity contribution in [1.29, 1.82) is 0 Å². The summed E-state index contributed by atoms with van der Waals surface area (Å²) in [6, 6.07) is 13.4. The molecule has 1 aliphatic rings. The predicted molar refractivity (Wildman–Crippen MR) is 145 cm³/mol. The van der Waals surface area contributed by atoms with Crippen molar-refractivity contribution in [2.75, 3.05) is 26.8 Å². The van der Waals surface area contributed by atoms with Crippen LogP contribution in [0.5, 0.6) is 5.75 Å². The Morgan fingerprint density at radius 2 is 2.03 bits per heavy atom. The quantitative estimate of drug-likeness (QED) is 0.342. The van der Waals surface area contributed by atoms with Crippen molar-refractivity contribution in [2.24, 2.45) is 13.0 Å². The summed E-state index contributed by atoms with van der Waals surface area (Å²) in [5, 5.41) is 22.4. The van der Waals surface area contributed by atoms with E-state index in [1.807, 2.05) is 30.7 Å². The van der Waals surface area contributed by atoms with E-state index in [9.17, 15) is 14.7 Å². The van der Waals surface area contributed by atoms with Crippen molar-refractivity contribution >= 4 is 33.9 Å². The maximum atomic E-state index is 13.5. The Bertz CT molecular complexity index is 1510. The van der Waals surface area contributed by atoms with Gasteiger partial charge in [0, 0.05) is 55.8 Å². The molecule has 0 radical (unpaired) electrons. The summed E-state index contributed by atoms with van der Waals surface area (Å²) in [7, 11) is 3.50. The Morgan fingerprint density at radius 3 is 2.76 bits per heavy atom. The topological polar surface area (TPSA) is 122 Å². The van der Waals surface area contributed by atoms with E-state index < -0.39 is 6.09 Å². The molecule has 4 aromatic rings. The number of hydrogen-bond donors (Lipinski definition) is 3. The van der Waals surface area contributed by atoms with Gasteiger partial charge in [-0.15, -0.1) is 0 Å². The third-order valence-corrected chi connectivity index (χ3v) is 7.28. The lowest BCUT2D eigenvalue weighted by atomic mass is 10.0. The molecule has 1 fully saturated rings. The number of hydrogen-bond acceptors (Lipinski definition) is 5. The summed E-state index contributed by atoms with van der Waals surface area (Å²) in [4.78, 5) is 31.2. The molecule has 3 N–H and O–H groups in total. The van der Waals surface area contributed by atoms with Crippen LogP contribution in [0.15, 0.2) is 42.5 Å². The Morgan fingerprint density at radius 1 is 1.24 bits per heavy atom. The highest BCUT2D eigenvalue weighted by Crippen LogP contribution is 2.35. The maximum Gasteiger partial charge on any atom is 0.404 e. The molecule has 38 heavy (non-hydrogen) atoms. The summed E-state index contributed by atoms with van der Waals surface area (Å²) >= 11 is 0. The number of aromatic nitrogens is 3. The maximum absolute atomic E-state index is 13.5. The molecule has 2 amide bonds. The van der Waals surface area contributed by atoms with E-state index in [4.69, 9.17) is 14.8 Å². The standard InChI is InChI=1S/C28H33N5O5/c1-17(16-34)14-33-22-9-5-4-7-18(22)12-23(33)26-30-21-11-19(13-24(38-3)25(21)31(26)2)27(35)32-10-6-8-20(15-32)29-28(36)37/h4-5,7,9,11-13,17,20,29,34H,6,8,10,14-16H2,1-3H3,(H,36,37). The predicted octanol–water partition coefficient (Wildman–Crippen LogP) is 3.70. The lowest BCUT2D eigenvalue weighted by Gasteiger charge is -2.32. The van der Waals surface area contributed by atoms with Gasteiger partial charge in [-0.05, 0) is 43.0 Å². The van der Waals surface area contributed by atoms with Gasteiger partial charge in [0.05, 0.1) is 18.3 Å². The average Bonchev–Trinajstić information content (AvgIpc) is 3.44. The number of methoxy groups -OCH3 is 1. The fraction of sp³-hybridized carbons (Fsp3) is 0.393. The number of fused-ring (bicyclic) bond motifs is 2. The molecule has 200 valence electrons. The van der Waals surface area contributed by atoms with Crippen molar-refractivity contribution < 1.29 is 24.5 Å². The molecule has 2 aromatic carbocycles. The number of benzene rings is 2. The lowest BCUT2D eigenvalue weighted by molar-refractivity contribution is 0.0692. The number of nitrogens with zero attached hydrogens (tertiary/aromatic N) is 4. The number of imidazole rings is 1. The minimum absolute atomic E-state index is 0.0574. The SMILES string of the molecule is COc1cc(C(=O)N2CCCC(NC(=O)O)C2)cc2nc(-c3cc4ccccc4n3CC(C)CO)n(C)c12. The van der Waals surface area contributed by atoms with Crippen LogP contribution >= 0.6 is 0 Å². The first-order valence-corrected chi connectivity index (χ1v) is 12.8. The van der Waals surface area contributed by atoms with Crippen LogP contribution in [-0.4, -0.2) is 74.1 Å². The van der Waals surface area contributed by atoms with Gasteiger partial charge in [0.1, 0.15) is 11.3 Å². The van der Waals surface area contributed by atoms with Crippen molar-refractivity contribution in [3.8, 4) is 17.3 Å². The third-order valence-electron chi connectivity index (χ3n) is 7.28. The normalized spacial score (nSPS) is 16.6. The van der Waals surface area contributed by atoms with Crippen LogP contribution < -0.4 is 10.1 Å². The zero-order valence-corrected chi connectivity index (χ0v) is 21.8. The van der Waals surface area contributed by atoms with Gasteiger partial charge in [-0.3, -0.25) is 4.79 Å². The van der Waals surface area contributed by atoms with E-state index >= 15 is 0 Å². The van der Waals surface area contributed by atoms with Crippen LogP contribution in [0.1, 0.15) is 30.1 Å². The molecule has 10 heteroatoms. The first-order valence-electron chi connectivity index (χ1n) is 12.8. The largest absolute Gasteiger partial charge is 0.494 e. The highest BCUT2D eigenvalue weighted by Gasteiger charge is 2.27. The fourth-order valence-electron chi connectivity index (χ4n) is 5.42. The molecule has 0 bridgehead atoms. The minimum Gasteiger partial charge on any atom is -0.494 e. The number of carbonyl (C=O) groups excluding carboxylic acids is 1. The molecule has 2 atom stereocenters. The molecule has 1 aliphatic heterocycles. The lowest BCUT2D eigenvalue weighted by Crippen LogP contribution is -2.49. The highest BCUT2D eigenvalue weighted by atomic mass is 16.5. The van der Waals surface area contributed by atoms with Crippen molar-refractivity contribution in [3.05, 3.63) is 48.0 Å². The van der Waals surface area contributed by atoms with Crippen molar-refractivity contribution in [1.82, 2.24) is 24.3 Å². The monoisotopic (exact) mass is 519 g/mol. The Hall–Kier alpha value is -4.05. The zero-order valence-electron chi connectivity index (χ0n) is 21.8. The number of aryl methyl sites for hydroxylation is 1. The second-order valence-corrected chi connectivity index (χ2v) is 10.1. The molecule has 2 unspecified atom stereocenters. The van der Waals surface area contributed by atoms with E-state index in [0.29, 0.717) is 42.9 Å². The molecule has 3 heterocycles. The molecule has 10 nitrogen and oxygen atoms in total. The van der Waals surface area contributed by atoms with Crippen LogP contribution in [0.25, 0.3) is 33.5 Å². The van der Waals surface area contributed by atoms with Gasteiger partial charge in [0.2, 0.25) is 0 Å². The summed E-state index contributed by atoms with van der Waals surface area (Å²) in [6.07, 6.45) is 0.338. The van der Waals surface area contributed by atoms with E-state index in [1.165, 1.54) is 0 Å². The molecule has 0 aliphatic carbocycles. The van der Waals surface area contributed by atoms with Gasteiger partial charge in [0.25, 0.3) is 5.91 Å².